The molecule has 0 saturated heterocycles. The minimum atomic E-state index is -0.504. The number of benzene rings is 1. The molecule has 25 heavy (non-hydrogen) atoms. The SMILES string of the molecule is NCc1ccc(CNC(=O)c2ccn(-c3cncc(F)c3)n2)c(F)c1. The molecule has 0 unspecified atom stereocenters. The third-order valence-corrected chi connectivity index (χ3v) is 3.57. The molecular formula is C17H15F2N5O. The fourth-order valence-electron chi connectivity index (χ4n) is 2.24. The van der Waals surface area contributed by atoms with Crippen LogP contribution < -0.4 is 11.1 Å². The molecule has 3 rings (SSSR count). The summed E-state index contributed by atoms with van der Waals surface area (Å²) in [4.78, 5) is 15.9. The molecule has 3 N–H and O–H groups in total. The summed E-state index contributed by atoms with van der Waals surface area (Å²) in [6.45, 7) is 0.264. The van der Waals surface area contributed by atoms with Crippen molar-refractivity contribution in [3.63, 3.8) is 0 Å². The van der Waals surface area contributed by atoms with Gasteiger partial charge in [0.15, 0.2) is 5.69 Å². The number of hydrogen-bond acceptors (Lipinski definition) is 4. The summed E-state index contributed by atoms with van der Waals surface area (Å²) in [5.74, 6) is -1.40. The number of nitrogens with two attached hydrogens (primary N) is 1. The molecule has 2 aromatic heterocycles. The fourth-order valence-corrected chi connectivity index (χ4v) is 2.24. The summed E-state index contributed by atoms with van der Waals surface area (Å²) in [5.41, 5.74) is 6.99. The lowest BCUT2D eigenvalue weighted by molar-refractivity contribution is 0.0945. The highest BCUT2D eigenvalue weighted by molar-refractivity contribution is 5.92. The highest BCUT2D eigenvalue weighted by atomic mass is 19.1. The lowest BCUT2D eigenvalue weighted by Gasteiger charge is -2.06. The Morgan fingerprint density at radius 1 is 1.20 bits per heavy atom. The summed E-state index contributed by atoms with van der Waals surface area (Å²) in [6, 6.07) is 7.35. The molecule has 1 amide bonds. The van der Waals surface area contributed by atoms with Crippen LogP contribution in [0.1, 0.15) is 21.6 Å². The van der Waals surface area contributed by atoms with Gasteiger partial charge in [-0.05, 0) is 17.7 Å². The molecule has 2 heterocycles. The van der Waals surface area contributed by atoms with Crippen molar-refractivity contribution in [2.75, 3.05) is 0 Å². The first kappa shape index (κ1) is 16.7. The van der Waals surface area contributed by atoms with E-state index in [1.165, 1.54) is 35.3 Å². The van der Waals surface area contributed by atoms with Gasteiger partial charge < -0.3 is 11.1 Å². The third kappa shape index (κ3) is 3.86. The van der Waals surface area contributed by atoms with Crippen LogP contribution in [-0.2, 0) is 13.1 Å². The summed E-state index contributed by atoms with van der Waals surface area (Å²) in [7, 11) is 0. The number of nitrogens with zero attached hydrogens (tertiary/aromatic N) is 3. The van der Waals surface area contributed by atoms with Crippen LogP contribution in [0.15, 0.2) is 48.9 Å². The average Bonchev–Trinajstić information content (AvgIpc) is 3.10. The van der Waals surface area contributed by atoms with Crippen LogP contribution in [0.3, 0.4) is 0 Å². The second-order valence-electron chi connectivity index (χ2n) is 5.32. The number of hydrogen-bond donors (Lipinski definition) is 2. The van der Waals surface area contributed by atoms with E-state index < -0.39 is 17.5 Å². The van der Waals surface area contributed by atoms with E-state index in [1.54, 1.807) is 12.1 Å². The monoisotopic (exact) mass is 343 g/mol. The molecule has 128 valence electrons. The van der Waals surface area contributed by atoms with E-state index in [4.69, 9.17) is 5.73 Å². The first-order valence-electron chi connectivity index (χ1n) is 7.49. The van der Waals surface area contributed by atoms with Gasteiger partial charge in [-0.25, -0.2) is 13.5 Å². The van der Waals surface area contributed by atoms with Crippen molar-refractivity contribution in [3.8, 4) is 5.69 Å². The van der Waals surface area contributed by atoms with Crippen molar-refractivity contribution in [2.45, 2.75) is 13.1 Å². The number of nitrogens with one attached hydrogen (secondary N) is 1. The van der Waals surface area contributed by atoms with Crippen molar-refractivity contribution >= 4 is 5.91 Å². The molecule has 0 spiro atoms. The van der Waals surface area contributed by atoms with Crippen molar-refractivity contribution in [3.05, 3.63) is 77.4 Å². The van der Waals surface area contributed by atoms with Crippen molar-refractivity contribution in [1.29, 1.82) is 0 Å². The topological polar surface area (TPSA) is 85.8 Å². The van der Waals surface area contributed by atoms with Crippen LogP contribution in [0, 0.1) is 11.6 Å². The van der Waals surface area contributed by atoms with E-state index in [2.05, 4.69) is 15.4 Å². The van der Waals surface area contributed by atoms with E-state index in [0.29, 0.717) is 16.8 Å². The smallest absolute Gasteiger partial charge is 0.272 e. The number of rotatable bonds is 5. The number of amides is 1. The largest absolute Gasteiger partial charge is 0.346 e. The first-order chi connectivity index (χ1) is 12.1. The van der Waals surface area contributed by atoms with E-state index in [9.17, 15) is 13.6 Å². The summed E-state index contributed by atoms with van der Waals surface area (Å²) < 4.78 is 28.4. The Kier molecular flexibility index (Phi) is 4.80. The van der Waals surface area contributed by atoms with E-state index in [-0.39, 0.29) is 18.8 Å². The lowest BCUT2D eigenvalue weighted by atomic mass is 10.1. The summed E-state index contributed by atoms with van der Waals surface area (Å²) in [6.07, 6.45) is 4.01. The van der Waals surface area contributed by atoms with Gasteiger partial charge in [-0.3, -0.25) is 9.78 Å². The molecule has 6 nitrogen and oxygen atoms in total. The maximum atomic E-state index is 13.9. The van der Waals surface area contributed by atoms with Crippen molar-refractivity contribution < 1.29 is 13.6 Å². The quantitative estimate of drug-likeness (QED) is 0.741. The van der Waals surface area contributed by atoms with E-state index >= 15 is 0 Å². The molecule has 0 aliphatic rings. The maximum absolute atomic E-state index is 13.9. The van der Waals surface area contributed by atoms with Gasteiger partial charge in [-0.15, -0.1) is 0 Å². The predicted octanol–water partition coefficient (Wildman–Crippen LogP) is 1.93. The number of carbonyl (C=O) groups is 1. The number of halogens is 2. The zero-order valence-electron chi connectivity index (χ0n) is 13.1. The molecule has 3 aromatic rings. The number of carbonyl (C=O) groups excluding carboxylic acids is 1. The minimum absolute atomic E-state index is 0.0178. The maximum Gasteiger partial charge on any atom is 0.272 e. The van der Waals surface area contributed by atoms with Crippen LogP contribution in [0.5, 0.6) is 0 Å². The zero-order valence-corrected chi connectivity index (χ0v) is 13.1. The molecular weight excluding hydrogens is 328 g/mol. The van der Waals surface area contributed by atoms with Crippen molar-refractivity contribution in [2.24, 2.45) is 5.73 Å². The molecule has 8 heteroatoms. The van der Waals surface area contributed by atoms with E-state index in [1.807, 2.05) is 0 Å². The highest BCUT2D eigenvalue weighted by Gasteiger charge is 2.12. The molecule has 0 atom stereocenters. The first-order valence-corrected chi connectivity index (χ1v) is 7.49. The highest BCUT2D eigenvalue weighted by Crippen LogP contribution is 2.11. The van der Waals surface area contributed by atoms with Gasteiger partial charge in [0.2, 0.25) is 0 Å². The van der Waals surface area contributed by atoms with Gasteiger partial charge in [0.1, 0.15) is 11.6 Å². The molecule has 0 fully saturated rings. The Labute approximate surface area is 142 Å². The van der Waals surface area contributed by atoms with E-state index in [0.717, 1.165) is 6.20 Å². The van der Waals surface area contributed by atoms with Gasteiger partial charge in [0.25, 0.3) is 5.91 Å². The Balaban J connectivity index is 1.68. The Hall–Kier alpha value is -3.13. The Bertz CT molecular complexity index is 910. The van der Waals surface area contributed by atoms with Gasteiger partial charge in [-0.1, -0.05) is 12.1 Å². The van der Waals surface area contributed by atoms with Crippen molar-refractivity contribution in [1.82, 2.24) is 20.1 Å². The Morgan fingerprint density at radius 2 is 2.04 bits per heavy atom. The molecule has 0 bridgehead atoms. The van der Waals surface area contributed by atoms with Crippen LogP contribution >= 0.6 is 0 Å². The second kappa shape index (κ2) is 7.18. The normalized spacial score (nSPS) is 10.7. The van der Waals surface area contributed by atoms with Crippen LogP contribution in [0.4, 0.5) is 8.78 Å². The van der Waals surface area contributed by atoms with Crippen LogP contribution in [-0.4, -0.2) is 20.7 Å². The fraction of sp³-hybridized carbons (Fsp3) is 0.118. The predicted molar refractivity (Wildman–Crippen MR) is 86.8 cm³/mol. The average molecular weight is 343 g/mol. The standard InChI is InChI=1S/C17H15F2N5O/c18-13-6-14(10-21-9-13)24-4-3-16(23-24)17(25)22-8-12-2-1-11(7-20)5-15(12)19/h1-6,9-10H,7-8,20H2,(H,22,25). The van der Waals surface area contributed by atoms with Crippen LogP contribution in [0.25, 0.3) is 5.69 Å². The van der Waals surface area contributed by atoms with Crippen LogP contribution in [0.2, 0.25) is 0 Å². The Morgan fingerprint density at radius 3 is 2.76 bits per heavy atom. The second-order valence-corrected chi connectivity index (χ2v) is 5.32. The number of aromatic nitrogens is 3. The zero-order chi connectivity index (χ0) is 17.8. The summed E-state index contributed by atoms with van der Waals surface area (Å²) >= 11 is 0. The van der Waals surface area contributed by atoms with Gasteiger partial charge in [0, 0.05) is 30.9 Å². The van der Waals surface area contributed by atoms with Gasteiger partial charge >= 0.3 is 0 Å². The lowest BCUT2D eigenvalue weighted by Crippen LogP contribution is -2.24. The number of pyridine rings is 1. The van der Waals surface area contributed by atoms with Gasteiger partial charge in [0.05, 0.1) is 18.1 Å². The molecule has 0 aliphatic heterocycles. The third-order valence-electron chi connectivity index (χ3n) is 3.57. The van der Waals surface area contributed by atoms with Gasteiger partial charge in [-0.2, -0.15) is 5.10 Å². The minimum Gasteiger partial charge on any atom is -0.346 e. The molecule has 0 aliphatic carbocycles. The summed E-state index contributed by atoms with van der Waals surface area (Å²) in [5, 5.41) is 6.67. The molecule has 0 saturated carbocycles. The molecule has 0 radical (unpaired) electrons. The molecule has 1 aromatic carbocycles.